The van der Waals surface area contributed by atoms with Crippen LogP contribution in [-0.2, 0) is 9.53 Å². The Bertz CT molecular complexity index is 1700. The van der Waals surface area contributed by atoms with Crippen LogP contribution in [0.15, 0.2) is 64.4 Å². The summed E-state index contributed by atoms with van der Waals surface area (Å²) in [6.45, 7) is 5.69. The molecule has 2 aliphatic rings. The van der Waals surface area contributed by atoms with E-state index in [1.807, 2.05) is 79.2 Å². The minimum atomic E-state index is -1.19. The summed E-state index contributed by atoms with van der Waals surface area (Å²) < 4.78 is 15.4. The first-order valence-electron chi connectivity index (χ1n) is 11.6. The number of aryl methyl sites for hydroxylation is 1. The van der Waals surface area contributed by atoms with Crippen LogP contribution in [0.1, 0.15) is 35.5 Å². The van der Waals surface area contributed by atoms with Crippen molar-refractivity contribution in [2.24, 2.45) is 10.9 Å². The van der Waals surface area contributed by atoms with Crippen LogP contribution in [0.5, 0.6) is 5.75 Å². The van der Waals surface area contributed by atoms with Crippen LogP contribution in [0, 0.1) is 19.8 Å². The van der Waals surface area contributed by atoms with Gasteiger partial charge in [0, 0.05) is 16.8 Å². The minimum absolute atomic E-state index is 0.206. The average Bonchev–Trinajstić information content (AvgIpc) is 3.33. The molecule has 8 nitrogen and oxygen atoms in total. The third-order valence-corrected chi connectivity index (χ3v) is 7.94. The quantitative estimate of drug-likeness (QED) is 0.404. The SMILES string of the molecule is COC(=O)[C@@H]1[C@@H]2c3ccccc3O[C@@]1(C)N=c1s/c(=C/c3c(C)nn(-c4ccccc4)c3C)c(=O)n12. The molecule has 2 aromatic carbocycles. The molecule has 0 aliphatic carbocycles. The number of carbonyl (C=O) groups is 1. The van der Waals surface area contributed by atoms with Crippen molar-refractivity contribution >= 4 is 23.4 Å². The lowest BCUT2D eigenvalue weighted by Gasteiger charge is -2.44. The molecule has 9 heteroatoms. The highest BCUT2D eigenvalue weighted by Crippen LogP contribution is 2.47. The maximum atomic E-state index is 13.9. The predicted octanol–water partition coefficient (Wildman–Crippen LogP) is 2.66. The Morgan fingerprint density at radius 2 is 1.86 bits per heavy atom. The Morgan fingerprint density at radius 3 is 2.61 bits per heavy atom. The number of thiazole rings is 1. The first kappa shape index (κ1) is 22.5. The van der Waals surface area contributed by atoms with Gasteiger partial charge in [0.25, 0.3) is 5.56 Å². The second-order valence-electron chi connectivity index (χ2n) is 9.15. The zero-order valence-corrected chi connectivity index (χ0v) is 21.1. The third kappa shape index (κ3) is 3.19. The number of fused-ring (bicyclic) bond motifs is 6. The Balaban J connectivity index is 1.58. The number of benzene rings is 2. The largest absolute Gasteiger partial charge is 0.469 e. The summed E-state index contributed by atoms with van der Waals surface area (Å²) in [5.74, 6) is -0.653. The fraction of sp³-hybridized carbons (Fsp3) is 0.259. The molecule has 0 saturated carbocycles. The monoisotopic (exact) mass is 500 g/mol. The molecular formula is C27H24N4O4S. The molecule has 2 bridgehead atoms. The molecule has 0 unspecified atom stereocenters. The van der Waals surface area contributed by atoms with Crippen molar-refractivity contribution < 1.29 is 14.3 Å². The summed E-state index contributed by atoms with van der Waals surface area (Å²) in [6.07, 6.45) is 1.87. The van der Waals surface area contributed by atoms with E-state index in [-0.39, 0.29) is 5.56 Å². The van der Waals surface area contributed by atoms with Gasteiger partial charge in [-0.25, -0.2) is 9.67 Å². The van der Waals surface area contributed by atoms with E-state index in [2.05, 4.69) is 0 Å². The van der Waals surface area contributed by atoms with Crippen LogP contribution in [0.25, 0.3) is 11.8 Å². The van der Waals surface area contributed by atoms with E-state index in [9.17, 15) is 9.59 Å². The fourth-order valence-electron chi connectivity index (χ4n) is 5.25. The van der Waals surface area contributed by atoms with Gasteiger partial charge in [-0.2, -0.15) is 5.10 Å². The number of para-hydroxylation sites is 2. The van der Waals surface area contributed by atoms with Crippen molar-refractivity contribution in [3.05, 3.63) is 96.8 Å². The number of ether oxygens (including phenoxy) is 2. The Kier molecular flexibility index (Phi) is 5.01. The van der Waals surface area contributed by atoms with Crippen LogP contribution >= 0.6 is 11.3 Å². The Morgan fingerprint density at radius 1 is 1.14 bits per heavy atom. The van der Waals surface area contributed by atoms with Gasteiger partial charge in [-0.15, -0.1) is 0 Å². The second kappa shape index (κ2) is 8.03. The van der Waals surface area contributed by atoms with E-state index in [0.29, 0.717) is 15.1 Å². The van der Waals surface area contributed by atoms with Gasteiger partial charge in [0.05, 0.1) is 29.1 Å². The maximum Gasteiger partial charge on any atom is 0.317 e. The number of carbonyl (C=O) groups excluding carboxylic acids is 1. The van der Waals surface area contributed by atoms with E-state index in [1.54, 1.807) is 11.5 Å². The maximum absolute atomic E-state index is 13.9. The molecule has 2 aromatic heterocycles. The smallest absolute Gasteiger partial charge is 0.317 e. The number of hydrogen-bond acceptors (Lipinski definition) is 7. The van der Waals surface area contributed by atoms with Crippen LogP contribution in [0.2, 0.25) is 0 Å². The lowest BCUT2D eigenvalue weighted by atomic mass is 9.81. The molecule has 0 amide bonds. The van der Waals surface area contributed by atoms with Gasteiger partial charge in [-0.3, -0.25) is 14.2 Å². The summed E-state index contributed by atoms with van der Waals surface area (Å²) in [5, 5.41) is 4.71. The molecule has 3 atom stereocenters. The van der Waals surface area contributed by atoms with E-state index in [1.165, 1.54) is 18.4 Å². The van der Waals surface area contributed by atoms with Gasteiger partial charge in [-0.05, 0) is 45.0 Å². The zero-order chi connectivity index (χ0) is 25.2. The molecule has 36 heavy (non-hydrogen) atoms. The number of nitrogens with zero attached hydrogens (tertiary/aromatic N) is 4. The summed E-state index contributed by atoms with van der Waals surface area (Å²) in [6, 6.07) is 16.8. The lowest BCUT2D eigenvalue weighted by molar-refractivity contribution is -0.158. The Labute approximate surface area is 210 Å². The standard InChI is InChI=1S/C27H24N4O4S/c1-15-19(16(2)31(29-15)17-10-6-5-7-11-17)14-21-24(32)30-23-18-12-8-9-13-20(18)35-27(3,28-26(30)36-21)22(23)25(33)34-4/h5-14,22-23H,1-4H3/b21-14+/t22-,23-,27+/m0/s1. The lowest BCUT2D eigenvalue weighted by Crippen LogP contribution is -2.58. The van der Waals surface area contributed by atoms with Gasteiger partial charge >= 0.3 is 5.97 Å². The van der Waals surface area contributed by atoms with Gasteiger partial charge < -0.3 is 9.47 Å². The van der Waals surface area contributed by atoms with E-state index >= 15 is 0 Å². The first-order valence-corrected chi connectivity index (χ1v) is 12.4. The summed E-state index contributed by atoms with van der Waals surface area (Å²) in [7, 11) is 1.34. The van der Waals surface area contributed by atoms with Gasteiger partial charge in [0.15, 0.2) is 4.80 Å². The third-order valence-electron chi connectivity index (χ3n) is 6.96. The molecule has 0 radical (unpaired) electrons. The molecule has 0 fully saturated rings. The molecule has 4 heterocycles. The Hall–Kier alpha value is -3.98. The highest BCUT2D eigenvalue weighted by molar-refractivity contribution is 7.07. The van der Waals surface area contributed by atoms with Gasteiger partial charge in [0.1, 0.15) is 11.7 Å². The molecular weight excluding hydrogens is 476 g/mol. The second-order valence-corrected chi connectivity index (χ2v) is 10.2. The van der Waals surface area contributed by atoms with Crippen molar-refractivity contribution in [1.82, 2.24) is 14.3 Å². The van der Waals surface area contributed by atoms with Crippen molar-refractivity contribution in [2.75, 3.05) is 7.11 Å². The highest BCUT2D eigenvalue weighted by Gasteiger charge is 2.55. The van der Waals surface area contributed by atoms with Crippen LogP contribution < -0.4 is 19.6 Å². The summed E-state index contributed by atoms with van der Waals surface area (Å²) in [4.78, 5) is 32.1. The van der Waals surface area contributed by atoms with Crippen molar-refractivity contribution in [2.45, 2.75) is 32.5 Å². The minimum Gasteiger partial charge on any atom is -0.469 e. The van der Waals surface area contributed by atoms with Crippen molar-refractivity contribution in [3.8, 4) is 11.4 Å². The molecule has 2 aliphatic heterocycles. The molecule has 6 rings (SSSR count). The zero-order valence-electron chi connectivity index (χ0n) is 20.3. The topological polar surface area (TPSA) is 87.7 Å². The molecule has 0 N–H and O–H groups in total. The fourth-order valence-corrected chi connectivity index (χ4v) is 6.33. The van der Waals surface area contributed by atoms with Crippen LogP contribution in [-0.4, -0.2) is 33.2 Å². The van der Waals surface area contributed by atoms with Crippen LogP contribution in [0.3, 0.4) is 0 Å². The van der Waals surface area contributed by atoms with Gasteiger partial charge in [0.2, 0.25) is 5.72 Å². The molecule has 4 aromatic rings. The van der Waals surface area contributed by atoms with E-state index in [0.717, 1.165) is 28.2 Å². The number of aromatic nitrogens is 3. The number of hydrogen-bond donors (Lipinski definition) is 0. The normalized spacial score (nSPS) is 22.3. The molecule has 182 valence electrons. The highest BCUT2D eigenvalue weighted by atomic mass is 32.1. The van der Waals surface area contributed by atoms with Gasteiger partial charge in [-0.1, -0.05) is 47.7 Å². The summed E-state index contributed by atoms with van der Waals surface area (Å²) >= 11 is 1.29. The van der Waals surface area contributed by atoms with E-state index < -0.39 is 23.7 Å². The first-order chi connectivity index (χ1) is 17.3. The number of methoxy groups -OCH3 is 1. The predicted molar refractivity (Wildman–Crippen MR) is 135 cm³/mol. The molecule has 0 spiro atoms. The van der Waals surface area contributed by atoms with E-state index in [4.69, 9.17) is 19.6 Å². The van der Waals surface area contributed by atoms with Crippen LogP contribution in [0.4, 0.5) is 0 Å². The number of esters is 1. The molecule has 0 saturated heterocycles. The van der Waals surface area contributed by atoms with Crippen molar-refractivity contribution in [1.29, 1.82) is 0 Å². The van der Waals surface area contributed by atoms with Crippen molar-refractivity contribution in [3.63, 3.8) is 0 Å². The average molecular weight is 501 g/mol. The summed E-state index contributed by atoms with van der Waals surface area (Å²) in [5.41, 5.74) is 2.94. The number of rotatable bonds is 3.